The summed E-state index contributed by atoms with van der Waals surface area (Å²) in [6, 6.07) is 7.73. The van der Waals surface area contributed by atoms with E-state index in [0.29, 0.717) is 0 Å². The van der Waals surface area contributed by atoms with E-state index in [4.69, 9.17) is 15.2 Å². The van der Waals surface area contributed by atoms with Crippen molar-refractivity contribution in [1.82, 2.24) is 4.90 Å². The van der Waals surface area contributed by atoms with E-state index in [2.05, 4.69) is 4.90 Å². The molecular formula is C15H24N2O2. The van der Waals surface area contributed by atoms with Crippen LogP contribution in [-0.4, -0.2) is 44.8 Å². The highest BCUT2D eigenvalue weighted by molar-refractivity contribution is 5.31. The predicted octanol–water partition coefficient (Wildman–Crippen LogP) is 1.74. The van der Waals surface area contributed by atoms with Gasteiger partial charge in [-0.05, 0) is 62.7 Å². The third-order valence-electron chi connectivity index (χ3n) is 3.78. The number of nitrogens with two attached hydrogens (primary N) is 1. The largest absolute Gasteiger partial charge is 0.497 e. The van der Waals surface area contributed by atoms with Crippen LogP contribution in [0.3, 0.4) is 0 Å². The fraction of sp³-hybridized carbons (Fsp3) is 0.600. The molecule has 1 saturated heterocycles. The Kier molecular flexibility index (Phi) is 5.48. The zero-order valence-electron chi connectivity index (χ0n) is 11.7. The molecular weight excluding hydrogens is 240 g/mol. The number of nitrogens with zero attached hydrogens (tertiary/aromatic N) is 1. The van der Waals surface area contributed by atoms with Gasteiger partial charge in [0.25, 0.3) is 0 Å². The van der Waals surface area contributed by atoms with Gasteiger partial charge in [0.15, 0.2) is 0 Å². The predicted molar refractivity (Wildman–Crippen MR) is 76.7 cm³/mol. The highest BCUT2D eigenvalue weighted by Gasteiger charge is 2.17. The van der Waals surface area contributed by atoms with E-state index < -0.39 is 0 Å². The van der Waals surface area contributed by atoms with Crippen LogP contribution in [0, 0.1) is 5.92 Å². The Hall–Kier alpha value is -1.26. The zero-order chi connectivity index (χ0) is 13.5. The lowest BCUT2D eigenvalue weighted by Crippen LogP contribution is -2.38. The molecule has 19 heavy (non-hydrogen) atoms. The van der Waals surface area contributed by atoms with Crippen molar-refractivity contribution in [3.8, 4) is 11.5 Å². The second kappa shape index (κ2) is 7.36. The Bertz CT molecular complexity index is 359. The fourth-order valence-corrected chi connectivity index (χ4v) is 2.41. The molecule has 0 saturated carbocycles. The van der Waals surface area contributed by atoms with Gasteiger partial charge in [-0.2, -0.15) is 0 Å². The van der Waals surface area contributed by atoms with Gasteiger partial charge >= 0.3 is 0 Å². The molecule has 2 N–H and O–H groups in total. The van der Waals surface area contributed by atoms with Gasteiger partial charge in [-0.1, -0.05) is 0 Å². The monoisotopic (exact) mass is 264 g/mol. The molecule has 1 aliphatic heterocycles. The first kappa shape index (κ1) is 14.2. The molecule has 1 aliphatic rings. The van der Waals surface area contributed by atoms with Gasteiger partial charge < -0.3 is 15.2 Å². The molecule has 106 valence electrons. The molecule has 1 aromatic carbocycles. The number of hydrogen-bond donors (Lipinski definition) is 1. The van der Waals surface area contributed by atoms with Crippen LogP contribution in [0.25, 0.3) is 0 Å². The van der Waals surface area contributed by atoms with Crippen LogP contribution in [0.4, 0.5) is 0 Å². The number of ether oxygens (including phenoxy) is 2. The summed E-state index contributed by atoms with van der Waals surface area (Å²) in [6.45, 7) is 4.85. The molecule has 0 radical (unpaired) electrons. The minimum absolute atomic E-state index is 0.721. The molecule has 0 atom stereocenters. The first-order chi connectivity index (χ1) is 9.31. The van der Waals surface area contributed by atoms with Gasteiger partial charge in [0.05, 0.1) is 7.11 Å². The second-order valence-corrected chi connectivity index (χ2v) is 5.04. The lowest BCUT2D eigenvalue weighted by molar-refractivity contribution is 0.157. The number of likely N-dealkylation sites (tertiary alicyclic amines) is 1. The van der Waals surface area contributed by atoms with Gasteiger partial charge in [0, 0.05) is 6.54 Å². The summed E-state index contributed by atoms with van der Waals surface area (Å²) < 4.78 is 10.9. The van der Waals surface area contributed by atoms with Crippen LogP contribution >= 0.6 is 0 Å². The summed E-state index contributed by atoms with van der Waals surface area (Å²) in [5.41, 5.74) is 5.70. The van der Waals surface area contributed by atoms with E-state index in [9.17, 15) is 0 Å². The molecule has 2 rings (SSSR count). The number of rotatable bonds is 6. The lowest BCUT2D eigenvalue weighted by atomic mass is 9.97. The molecule has 0 aliphatic carbocycles. The molecule has 1 aromatic rings. The van der Waals surface area contributed by atoms with Gasteiger partial charge in [-0.3, -0.25) is 4.90 Å². The number of methoxy groups -OCH3 is 1. The van der Waals surface area contributed by atoms with Gasteiger partial charge in [-0.25, -0.2) is 0 Å². The summed E-state index contributed by atoms with van der Waals surface area (Å²) in [7, 11) is 1.67. The summed E-state index contributed by atoms with van der Waals surface area (Å²) in [5, 5.41) is 0. The van der Waals surface area contributed by atoms with Crippen LogP contribution < -0.4 is 15.2 Å². The molecule has 1 fully saturated rings. The van der Waals surface area contributed by atoms with Crippen LogP contribution in [0.5, 0.6) is 11.5 Å². The number of benzene rings is 1. The SMILES string of the molecule is COc1ccc(OCCN2CCC(CN)CC2)cc1. The Morgan fingerprint density at radius 1 is 1.16 bits per heavy atom. The first-order valence-electron chi connectivity index (χ1n) is 7.01. The molecule has 0 aromatic heterocycles. The first-order valence-corrected chi connectivity index (χ1v) is 7.01. The summed E-state index contributed by atoms with van der Waals surface area (Å²) in [6.07, 6.45) is 2.44. The van der Waals surface area contributed by atoms with Gasteiger partial charge in [0.1, 0.15) is 18.1 Å². The average molecular weight is 264 g/mol. The van der Waals surface area contributed by atoms with Crippen LogP contribution in [0.15, 0.2) is 24.3 Å². The molecule has 0 bridgehead atoms. The summed E-state index contributed by atoms with van der Waals surface area (Å²) >= 11 is 0. The number of hydrogen-bond acceptors (Lipinski definition) is 4. The molecule has 0 unspecified atom stereocenters. The molecule has 4 nitrogen and oxygen atoms in total. The highest BCUT2D eigenvalue weighted by atomic mass is 16.5. The Balaban J connectivity index is 1.66. The Morgan fingerprint density at radius 2 is 1.79 bits per heavy atom. The second-order valence-electron chi connectivity index (χ2n) is 5.04. The molecule has 4 heteroatoms. The van der Waals surface area contributed by atoms with Crippen LogP contribution in [-0.2, 0) is 0 Å². The van der Waals surface area contributed by atoms with Crippen LogP contribution in [0.1, 0.15) is 12.8 Å². The minimum atomic E-state index is 0.721. The normalized spacial score (nSPS) is 17.4. The average Bonchev–Trinajstić information content (AvgIpc) is 2.49. The fourth-order valence-electron chi connectivity index (χ4n) is 2.41. The molecule has 1 heterocycles. The summed E-state index contributed by atoms with van der Waals surface area (Å²) in [5.74, 6) is 2.48. The van der Waals surface area contributed by atoms with Gasteiger partial charge in [-0.15, -0.1) is 0 Å². The standard InChI is InChI=1S/C15H24N2O2/c1-18-14-2-4-15(5-3-14)19-11-10-17-8-6-13(12-16)7-9-17/h2-5,13H,6-12,16H2,1H3. The maximum absolute atomic E-state index is 5.74. The topological polar surface area (TPSA) is 47.7 Å². The van der Waals surface area contributed by atoms with E-state index in [1.54, 1.807) is 7.11 Å². The third kappa shape index (κ3) is 4.40. The highest BCUT2D eigenvalue weighted by Crippen LogP contribution is 2.18. The quantitative estimate of drug-likeness (QED) is 0.850. The van der Waals surface area contributed by atoms with Crippen molar-refractivity contribution in [1.29, 1.82) is 0 Å². The van der Waals surface area contributed by atoms with E-state index in [0.717, 1.165) is 50.2 Å². The van der Waals surface area contributed by atoms with E-state index in [-0.39, 0.29) is 0 Å². The zero-order valence-corrected chi connectivity index (χ0v) is 11.7. The van der Waals surface area contributed by atoms with Gasteiger partial charge in [0.2, 0.25) is 0 Å². The van der Waals surface area contributed by atoms with Crippen molar-refractivity contribution >= 4 is 0 Å². The Labute approximate surface area is 115 Å². The Morgan fingerprint density at radius 3 is 2.37 bits per heavy atom. The molecule has 0 amide bonds. The maximum atomic E-state index is 5.74. The van der Waals surface area contributed by atoms with Crippen molar-refractivity contribution in [3.05, 3.63) is 24.3 Å². The summed E-state index contributed by atoms with van der Waals surface area (Å²) in [4.78, 5) is 2.45. The molecule has 0 spiro atoms. The van der Waals surface area contributed by atoms with E-state index in [1.165, 1.54) is 12.8 Å². The third-order valence-corrected chi connectivity index (χ3v) is 3.78. The number of piperidine rings is 1. The van der Waals surface area contributed by atoms with E-state index in [1.807, 2.05) is 24.3 Å². The van der Waals surface area contributed by atoms with Crippen molar-refractivity contribution in [2.24, 2.45) is 11.7 Å². The van der Waals surface area contributed by atoms with E-state index >= 15 is 0 Å². The van der Waals surface area contributed by atoms with Crippen molar-refractivity contribution in [2.45, 2.75) is 12.8 Å². The minimum Gasteiger partial charge on any atom is -0.497 e. The lowest BCUT2D eigenvalue weighted by Gasteiger charge is -2.31. The smallest absolute Gasteiger partial charge is 0.119 e. The van der Waals surface area contributed by atoms with Crippen molar-refractivity contribution < 1.29 is 9.47 Å². The van der Waals surface area contributed by atoms with Crippen LogP contribution in [0.2, 0.25) is 0 Å². The van der Waals surface area contributed by atoms with Crippen molar-refractivity contribution in [3.63, 3.8) is 0 Å². The van der Waals surface area contributed by atoms with Crippen molar-refractivity contribution in [2.75, 3.05) is 39.9 Å². The maximum Gasteiger partial charge on any atom is 0.119 e.